The van der Waals surface area contributed by atoms with E-state index in [0.717, 1.165) is 33.5 Å². The first-order chi connectivity index (χ1) is 53.1. The largest absolute Gasteiger partial charge is 0.459 e. The number of piperidine rings is 1. The van der Waals surface area contributed by atoms with Crippen molar-refractivity contribution in [2.75, 3.05) is 180 Å². The summed E-state index contributed by atoms with van der Waals surface area (Å²) in [4.78, 5) is 122. The standard InChI is InChI=1S/C82H120ClFN12O16/c1-58-49-60(51-62(84)50-58)64-53-86-76(73(75-88-65-20-19-61(83)52-66(65)89-75)74(64)95-27-23-63(24-28-95)87-78(103)108-57-59-17-15-14-16-18-59)96-39-37-94(38-40-96)69(98)25-41-104-43-45-106-47-48-107-46-44-105-42-26-85-68(97)22-21-67(77(102)112-82(11,12)13)93-35-33-91(55-71(100)110-80(5,6)7)31-29-90(54-70(99)109-79(2,3)4)30-32-92(34-36-93)56-72(101)111-81(8,9)10/h14-20,49-53,63,67H,21-48,54-57H2,1-13H3,(H,85,97)(H,87,103)(H,88,89). The highest BCUT2D eigenvalue weighted by atomic mass is 35.5. The summed E-state index contributed by atoms with van der Waals surface area (Å²) in [7, 11) is 0. The van der Waals surface area contributed by atoms with Crippen LogP contribution in [0, 0.1) is 12.7 Å². The minimum atomic E-state index is -0.883. The molecule has 112 heavy (non-hydrogen) atoms. The van der Waals surface area contributed by atoms with E-state index in [1.54, 1.807) is 80.6 Å². The first-order valence-corrected chi connectivity index (χ1v) is 39.6. The van der Waals surface area contributed by atoms with E-state index >= 15 is 4.39 Å². The first-order valence-electron chi connectivity index (χ1n) is 39.2. The Bertz CT molecular complexity index is 3800. The Hall–Kier alpha value is -8.13. The van der Waals surface area contributed by atoms with Crippen LogP contribution in [-0.4, -0.2) is 286 Å². The van der Waals surface area contributed by atoms with Crippen molar-refractivity contribution >= 4 is 75.9 Å². The maximum atomic E-state index is 15.3. The summed E-state index contributed by atoms with van der Waals surface area (Å²) in [6.07, 6.45) is 2.83. The Morgan fingerprint density at radius 1 is 0.589 bits per heavy atom. The van der Waals surface area contributed by atoms with Gasteiger partial charge in [0.15, 0.2) is 0 Å². The Morgan fingerprint density at radius 3 is 1.65 bits per heavy atom. The summed E-state index contributed by atoms with van der Waals surface area (Å²) < 4.78 is 67.1. The molecule has 3 aliphatic heterocycles. The molecule has 3 fully saturated rings. The van der Waals surface area contributed by atoms with Crippen molar-refractivity contribution in [2.24, 2.45) is 0 Å². The number of aryl methyl sites for hydroxylation is 1. The number of nitrogens with zero attached hydrogens (tertiary/aromatic N) is 9. The van der Waals surface area contributed by atoms with Gasteiger partial charge in [-0.15, -0.1) is 0 Å². The number of amides is 3. The lowest BCUT2D eigenvalue weighted by Crippen LogP contribution is -2.53. The molecule has 3 N–H and O–H groups in total. The molecule has 3 saturated heterocycles. The van der Waals surface area contributed by atoms with Gasteiger partial charge < -0.3 is 72.9 Å². The molecule has 618 valence electrons. The molecule has 3 amide bonds. The van der Waals surface area contributed by atoms with Crippen LogP contribution in [0.2, 0.25) is 5.02 Å². The van der Waals surface area contributed by atoms with Gasteiger partial charge in [-0.05, 0) is 156 Å². The minimum absolute atomic E-state index is 0.0137. The second-order valence-electron chi connectivity index (χ2n) is 32.6. The smallest absolute Gasteiger partial charge is 0.407 e. The zero-order chi connectivity index (χ0) is 81.2. The third kappa shape index (κ3) is 31.3. The van der Waals surface area contributed by atoms with Crippen LogP contribution >= 0.6 is 11.6 Å². The summed E-state index contributed by atoms with van der Waals surface area (Å²) in [5.74, 6) is -1.24. The lowest BCUT2D eigenvalue weighted by molar-refractivity contribution is -0.163. The van der Waals surface area contributed by atoms with Crippen LogP contribution in [0.3, 0.4) is 0 Å². The number of rotatable bonds is 33. The number of carbonyl (C=O) groups is 7. The maximum Gasteiger partial charge on any atom is 0.407 e. The predicted molar refractivity (Wildman–Crippen MR) is 426 cm³/mol. The number of benzene rings is 3. The number of H-pyrrole nitrogens is 1. The fourth-order valence-corrected chi connectivity index (χ4v) is 13.5. The third-order valence-electron chi connectivity index (χ3n) is 18.4. The van der Waals surface area contributed by atoms with Crippen molar-refractivity contribution in [3.8, 4) is 22.5 Å². The molecule has 0 radical (unpaired) electrons. The minimum Gasteiger partial charge on any atom is -0.459 e. The number of hydrogen-bond donors (Lipinski definition) is 3. The normalized spacial score (nSPS) is 16.3. The molecule has 5 heterocycles. The fraction of sp³-hybridized carbons (Fsp3) is 0.622. The summed E-state index contributed by atoms with van der Waals surface area (Å²) in [5.41, 5.74) is 3.01. The number of pyridine rings is 1. The number of nitrogens with one attached hydrogen (secondary N) is 3. The number of imidazole rings is 1. The van der Waals surface area contributed by atoms with Crippen LogP contribution in [0.1, 0.15) is 126 Å². The monoisotopic (exact) mass is 1580 g/mol. The van der Waals surface area contributed by atoms with Crippen molar-refractivity contribution in [2.45, 2.75) is 163 Å². The van der Waals surface area contributed by atoms with Crippen molar-refractivity contribution < 1.29 is 80.6 Å². The van der Waals surface area contributed by atoms with Crippen LogP contribution in [0.4, 0.5) is 20.7 Å². The van der Waals surface area contributed by atoms with E-state index in [9.17, 15) is 33.6 Å². The number of halogens is 2. The van der Waals surface area contributed by atoms with E-state index in [-0.39, 0.29) is 115 Å². The molecule has 28 nitrogen and oxygen atoms in total. The molecule has 0 aliphatic carbocycles. The van der Waals surface area contributed by atoms with Gasteiger partial charge in [0.2, 0.25) is 11.8 Å². The van der Waals surface area contributed by atoms with Crippen LogP contribution in [-0.2, 0) is 78.0 Å². The van der Waals surface area contributed by atoms with Gasteiger partial charge in [0, 0.05) is 127 Å². The second kappa shape index (κ2) is 42.8. The summed E-state index contributed by atoms with van der Waals surface area (Å²) >= 11 is 6.49. The molecule has 2 aromatic heterocycles. The fourth-order valence-electron chi connectivity index (χ4n) is 13.4. The Kier molecular flexibility index (Phi) is 34.2. The van der Waals surface area contributed by atoms with E-state index in [1.807, 2.05) is 94.7 Å². The number of ether oxygens (including phenoxy) is 9. The topological polar surface area (TPSA) is 291 Å². The number of fused-ring (bicyclic) bond motifs is 1. The molecule has 0 bridgehead atoms. The van der Waals surface area contributed by atoms with E-state index in [2.05, 4.69) is 25.4 Å². The molecule has 5 aromatic rings. The summed E-state index contributed by atoms with van der Waals surface area (Å²) in [5, 5.41) is 6.50. The highest BCUT2D eigenvalue weighted by molar-refractivity contribution is 6.31. The lowest BCUT2D eigenvalue weighted by atomic mass is 9.96. The van der Waals surface area contributed by atoms with Gasteiger partial charge in [-0.1, -0.05) is 48.0 Å². The molecular weight excluding hydrogens is 1460 g/mol. The average Bonchev–Trinajstić information content (AvgIpc) is 1.27. The quantitative estimate of drug-likeness (QED) is 0.0200. The van der Waals surface area contributed by atoms with Gasteiger partial charge in [-0.3, -0.25) is 48.4 Å². The van der Waals surface area contributed by atoms with Crippen LogP contribution in [0.25, 0.3) is 33.5 Å². The van der Waals surface area contributed by atoms with Crippen molar-refractivity contribution in [1.29, 1.82) is 0 Å². The number of carbonyl (C=O) groups excluding carboxylic acids is 7. The van der Waals surface area contributed by atoms with Gasteiger partial charge >= 0.3 is 30.0 Å². The third-order valence-corrected chi connectivity index (χ3v) is 18.7. The van der Waals surface area contributed by atoms with Gasteiger partial charge in [0.25, 0.3) is 0 Å². The molecule has 3 aliphatic rings. The molecule has 1 unspecified atom stereocenters. The number of hydrogen-bond acceptors (Lipinski definition) is 24. The summed E-state index contributed by atoms with van der Waals surface area (Å²) in [6.45, 7) is 31.5. The van der Waals surface area contributed by atoms with E-state index in [0.29, 0.717) is 146 Å². The second-order valence-corrected chi connectivity index (χ2v) is 33.0. The lowest BCUT2D eigenvalue weighted by Gasteiger charge is -2.39. The van der Waals surface area contributed by atoms with E-state index < -0.39 is 58.4 Å². The van der Waals surface area contributed by atoms with Crippen molar-refractivity contribution in [3.63, 3.8) is 0 Å². The molecular formula is C82H120ClFN12O16. The highest BCUT2D eigenvalue weighted by Crippen LogP contribution is 2.45. The van der Waals surface area contributed by atoms with Crippen molar-refractivity contribution in [1.82, 2.24) is 50.1 Å². The van der Waals surface area contributed by atoms with Crippen LogP contribution < -0.4 is 20.4 Å². The Morgan fingerprint density at radius 2 is 1.12 bits per heavy atom. The molecule has 3 aromatic carbocycles. The molecule has 0 spiro atoms. The molecule has 30 heteroatoms. The molecule has 1 atom stereocenters. The van der Waals surface area contributed by atoms with Crippen molar-refractivity contribution in [3.05, 3.63) is 94.9 Å². The van der Waals surface area contributed by atoms with Crippen LogP contribution in [0.5, 0.6) is 0 Å². The average molecular weight is 1580 g/mol. The number of aromatic amines is 1. The maximum absolute atomic E-state index is 15.3. The Labute approximate surface area is 664 Å². The summed E-state index contributed by atoms with van der Waals surface area (Å²) in [6, 6.07) is 19.0. The number of aromatic nitrogens is 3. The zero-order valence-corrected chi connectivity index (χ0v) is 68.8. The first kappa shape index (κ1) is 89.4. The van der Waals surface area contributed by atoms with Gasteiger partial charge in [0.05, 0.1) is 101 Å². The van der Waals surface area contributed by atoms with Crippen LogP contribution in [0.15, 0.2) is 72.9 Å². The molecule has 8 rings (SSSR count). The van der Waals surface area contributed by atoms with Gasteiger partial charge in [-0.25, -0.2) is 19.2 Å². The van der Waals surface area contributed by atoms with E-state index in [1.165, 1.54) is 12.1 Å². The Balaban J connectivity index is 0.764. The predicted octanol–water partition coefficient (Wildman–Crippen LogP) is 9.25. The highest BCUT2D eigenvalue weighted by Gasteiger charge is 2.36. The van der Waals surface area contributed by atoms with Gasteiger partial charge in [-0.2, -0.15) is 0 Å². The molecule has 0 saturated carbocycles. The van der Waals surface area contributed by atoms with Gasteiger partial charge in [0.1, 0.15) is 52.5 Å². The number of alkyl carbamates (subject to hydrolysis) is 1. The number of piperazine rings is 1. The zero-order valence-electron chi connectivity index (χ0n) is 68.0. The SMILES string of the molecule is Cc1cc(F)cc(-c2cnc(N3CCN(C(=O)CCOCCOCCOCCOCCNC(=O)CCC(C(=O)OC(C)(C)C)N4CCN(CC(=O)OC(C)(C)C)CCN(CC(=O)OC(C)(C)C)CCN(CC(=O)OC(C)(C)C)CC4)CC3)c(-c3nc4cc(Cl)ccc4[nH]3)c2N2CCC(NC(=O)OCc3ccccc3)CC2)c1. The number of anilines is 2. The van der Waals surface area contributed by atoms with E-state index in [4.69, 9.17) is 64.2 Å². The number of esters is 4.